The normalized spacial score (nSPS) is 25.9. The molecule has 2 aliphatic heterocycles. The van der Waals surface area contributed by atoms with E-state index in [1.165, 1.54) is 23.9 Å². The Bertz CT molecular complexity index is 626. The maximum atomic E-state index is 12.0. The van der Waals surface area contributed by atoms with Crippen LogP contribution in [0.25, 0.3) is 0 Å². The number of fused-ring (bicyclic) bond motifs is 1. The number of nitrogens with zero attached hydrogens (tertiary/aromatic N) is 1. The van der Waals surface area contributed by atoms with Gasteiger partial charge in [0.2, 0.25) is 5.91 Å². The molecule has 1 aromatic rings. The molecule has 1 amide bonds. The van der Waals surface area contributed by atoms with E-state index in [2.05, 4.69) is 0 Å². The summed E-state index contributed by atoms with van der Waals surface area (Å²) in [7, 11) is -3.77. The van der Waals surface area contributed by atoms with Gasteiger partial charge in [0, 0.05) is 6.20 Å². The molecule has 2 aliphatic rings. The Morgan fingerprint density at radius 3 is 2.63 bits per heavy atom. The number of β-lactam (4-membered cyclic amide) rings is 1. The number of benzene rings is 1. The highest BCUT2D eigenvalue weighted by atomic mass is 32.2. The van der Waals surface area contributed by atoms with Gasteiger partial charge in [0.25, 0.3) is 10.1 Å². The summed E-state index contributed by atoms with van der Waals surface area (Å²) < 4.78 is 29.2. The van der Waals surface area contributed by atoms with Crippen molar-refractivity contribution in [2.24, 2.45) is 0 Å². The van der Waals surface area contributed by atoms with Gasteiger partial charge in [-0.3, -0.25) is 4.79 Å². The van der Waals surface area contributed by atoms with Gasteiger partial charge in [-0.2, -0.15) is 8.42 Å². The van der Waals surface area contributed by atoms with E-state index in [1.54, 1.807) is 35.4 Å². The van der Waals surface area contributed by atoms with E-state index in [4.69, 9.17) is 4.18 Å². The van der Waals surface area contributed by atoms with Crippen LogP contribution in [-0.2, 0) is 19.1 Å². The number of hydrogen-bond acceptors (Lipinski definition) is 5. The summed E-state index contributed by atoms with van der Waals surface area (Å²) in [4.78, 5) is 12.9. The summed E-state index contributed by atoms with van der Waals surface area (Å²) in [6.07, 6.45) is 3.61. The predicted octanol–water partition coefficient (Wildman–Crippen LogP) is 1.54. The van der Waals surface area contributed by atoms with Crippen molar-refractivity contribution in [2.45, 2.75) is 22.1 Å². The minimum absolute atomic E-state index is 0.00604. The van der Waals surface area contributed by atoms with E-state index in [-0.39, 0.29) is 16.2 Å². The molecule has 0 aromatic heterocycles. The largest absolute Gasteiger partial charge is 0.306 e. The van der Waals surface area contributed by atoms with Crippen molar-refractivity contribution in [1.29, 1.82) is 0 Å². The van der Waals surface area contributed by atoms with E-state index in [1.807, 2.05) is 0 Å². The van der Waals surface area contributed by atoms with Crippen LogP contribution in [0.1, 0.15) is 6.42 Å². The quantitative estimate of drug-likeness (QED) is 0.625. The summed E-state index contributed by atoms with van der Waals surface area (Å²) in [5.74, 6) is 0.0538. The minimum Gasteiger partial charge on any atom is -0.306 e. The molecule has 1 saturated heterocycles. The zero-order chi connectivity index (χ0) is 13.5. The molecule has 1 fully saturated rings. The maximum absolute atomic E-state index is 12.0. The molecule has 7 heteroatoms. The van der Waals surface area contributed by atoms with Crippen LogP contribution >= 0.6 is 11.8 Å². The van der Waals surface area contributed by atoms with Crippen molar-refractivity contribution in [3.63, 3.8) is 0 Å². The van der Waals surface area contributed by atoms with Crippen LogP contribution in [0.2, 0.25) is 0 Å². The van der Waals surface area contributed by atoms with Crippen LogP contribution in [0.4, 0.5) is 0 Å². The highest BCUT2D eigenvalue weighted by molar-refractivity contribution is 8.01. The fourth-order valence-corrected chi connectivity index (χ4v) is 4.32. The SMILES string of the molecule is O=C1C[C@H]2SC(OS(=O)(=O)c3ccccc3)C=CN12. The summed E-state index contributed by atoms with van der Waals surface area (Å²) in [5, 5.41) is -0.00604. The standard InChI is InChI=1S/C12H11NO4S2/c14-10-8-11-13(10)7-6-12(18-11)17-19(15,16)9-4-2-1-3-5-9/h1-7,11-12H,8H2/t11-,12?/m1/s1. The Morgan fingerprint density at radius 2 is 2.00 bits per heavy atom. The Hall–Kier alpha value is -1.31. The van der Waals surface area contributed by atoms with E-state index in [0.717, 1.165) is 0 Å². The number of thioether (sulfide) groups is 1. The zero-order valence-electron chi connectivity index (χ0n) is 9.80. The second-order valence-corrected chi connectivity index (χ2v) is 7.02. The van der Waals surface area contributed by atoms with Crippen molar-refractivity contribution in [2.75, 3.05) is 0 Å². The Kier molecular flexibility index (Phi) is 3.12. The van der Waals surface area contributed by atoms with Crippen LogP contribution < -0.4 is 0 Å². The second-order valence-electron chi connectivity index (χ2n) is 4.17. The van der Waals surface area contributed by atoms with Crippen molar-refractivity contribution in [3.05, 3.63) is 42.6 Å². The third kappa shape index (κ3) is 2.41. The molecule has 0 N–H and O–H groups in total. The third-order valence-electron chi connectivity index (χ3n) is 2.90. The first-order valence-electron chi connectivity index (χ1n) is 5.69. The molecule has 1 aromatic carbocycles. The predicted molar refractivity (Wildman–Crippen MR) is 70.5 cm³/mol. The topological polar surface area (TPSA) is 63.7 Å². The van der Waals surface area contributed by atoms with Gasteiger partial charge in [0.1, 0.15) is 5.44 Å². The first-order valence-corrected chi connectivity index (χ1v) is 8.05. The van der Waals surface area contributed by atoms with Crippen LogP contribution in [-0.4, -0.2) is 30.0 Å². The van der Waals surface area contributed by atoms with E-state index >= 15 is 0 Å². The average Bonchev–Trinajstić information content (AvgIpc) is 2.38. The van der Waals surface area contributed by atoms with Crippen LogP contribution in [0.15, 0.2) is 47.5 Å². The number of carbonyl (C=O) groups excluding carboxylic acids is 1. The van der Waals surface area contributed by atoms with Crippen molar-refractivity contribution >= 4 is 27.8 Å². The van der Waals surface area contributed by atoms with Gasteiger partial charge in [0.05, 0.1) is 16.7 Å². The molecule has 100 valence electrons. The molecular weight excluding hydrogens is 286 g/mol. The minimum atomic E-state index is -3.77. The Balaban J connectivity index is 1.74. The summed E-state index contributed by atoms with van der Waals surface area (Å²) in [6, 6.07) is 8.02. The average molecular weight is 297 g/mol. The molecule has 0 spiro atoms. The lowest BCUT2D eigenvalue weighted by atomic mass is 10.2. The van der Waals surface area contributed by atoms with Gasteiger partial charge in [-0.1, -0.05) is 30.0 Å². The lowest BCUT2D eigenvalue weighted by Gasteiger charge is -2.41. The van der Waals surface area contributed by atoms with E-state index in [9.17, 15) is 13.2 Å². The lowest BCUT2D eigenvalue weighted by Crippen LogP contribution is -2.49. The van der Waals surface area contributed by atoms with Gasteiger partial charge in [-0.25, -0.2) is 4.18 Å². The Morgan fingerprint density at radius 1 is 1.26 bits per heavy atom. The third-order valence-corrected chi connectivity index (χ3v) is 5.56. The second kappa shape index (κ2) is 4.66. The summed E-state index contributed by atoms with van der Waals surface area (Å²) in [5.41, 5.74) is -0.584. The zero-order valence-corrected chi connectivity index (χ0v) is 11.4. The molecule has 0 bridgehead atoms. The number of amides is 1. The monoisotopic (exact) mass is 297 g/mol. The van der Waals surface area contributed by atoms with Crippen molar-refractivity contribution in [3.8, 4) is 0 Å². The molecule has 5 nitrogen and oxygen atoms in total. The fraction of sp³-hybridized carbons (Fsp3) is 0.250. The molecule has 2 heterocycles. The van der Waals surface area contributed by atoms with Gasteiger partial charge >= 0.3 is 0 Å². The summed E-state index contributed by atoms with van der Waals surface area (Å²) in [6.45, 7) is 0. The van der Waals surface area contributed by atoms with Crippen molar-refractivity contribution < 1.29 is 17.4 Å². The van der Waals surface area contributed by atoms with Gasteiger partial charge < -0.3 is 4.90 Å². The summed E-state index contributed by atoms with van der Waals surface area (Å²) >= 11 is 1.32. The fourth-order valence-electron chi connectivity index (χ4n) is 1.88. The lowest BCUT2D eigenvalue weighted by molar-refractivity contribution is -0.137. The van der Waals surface area contributed by atoms with Gasteiger partial charge in [-0.15, -0.1) is 0 Å². The van der Waals surface area contributed by atoms with Crippen molar-refractivity contribution in [1.82, 2.24) is 4.90 Å². The number of rotatable bonds is 3. The molecule has 0 radical (unpaired) electrons. The van der Waals surface area contributed by atoms with Crippen LogP contribution in [0.3, 0.4) is 0 Å². The van der Waals surface area contributed by atoms with Gasteiger partial charge in [-0.05, 0) is 18.2 Å². The van der Waals surface area contributed by atoms with Gasteiger partial charge in [0.15, 0.2) is 0 Å². The van der Waals surface area contributed by atoms with Crippen LogP contribution in [0.5, 0.6) is 0 Å². The molecule has 2 atom stereocenters. The maximum Gasteiger partial charge on any atom is 0.298 e. The highest BCUT2D eigenvalue weighted by Gasteiger charge is 2.40. The highest BCUT2D eigenvalue weighted by Crippen LogP contribution is 2.38. The first-order chi connectivity index (χ1) is 9.06. The molecule has 1 unspecified atom stereocenters. The number of carbonyl (C=O) groups is 1. The van der Waals surface area contributed by atoms with E-state index < -0.39 is 15.6 Å². The first kappa shape index (κ1) is 12.7. The molecule has 0 aliphatic carbocycles. The smallest absolute Gasteiger partial charge is 0.298 e. The molecule has 0 saturated carbocycles. The Labute approximate surface area is 115 Å². The van der Waals surface area contributed by atoms with Crippen LogP contribution in [0, 0.1) is 0 Å². The molecule has 19 heavy (non-hydrogen) atoms. The van der Waals surface area contributed by atoms with E-state index in [0.29, 0.717) is 6.42 Å². The molecular formula is C12H11NO4S2. The number of hydrogen-bond donors (Lipinski definition) is 0. The molecule has 3 rings (SSSR count).